The van der Waals surface area contributed by atoms with E-state index in [9.17, 15) is 22.8 Å². The number of amides is 1. The molecule has 3 heterocycles. The van der Waals surface area contributed by atoms with E-state index in [1.165, 1.54) is 6.92 Å². The molecule has 1 N–H and O–H groups in total. The molecular weight excluding hydrogens is 449 g/mol. The van der Waals surface area contributed by atoms with Crippen LogP contribution in [0.15, 0.2) is 47.0 Å². The van der Waals surface area contributed by atoms with E-state index in [1.807, 2.05) is 6.92 Å². The van der Waals surface area contributed by atoms with Crippen LogP contribution in [0, 0.1) is 5.92 Å². The average molecular weight is 472 g/mol. The molecule has 3 aromatic rings. The number of ketones is 1. The number of anilines is 2. The van der Waals surface area contributed by atoms with Gasteiger partial charge >= 0.3 is 6.18 Å². The molecule has 0 saturated carbocycles. The lowest BCUT2D eigenvalue weighted by Crippen LogP contribution is -2.34. The maximum absolute atomic E-state index is 13.6. The van der Waals surface area contributed by atoms with Crippen molar-refractivity contribution in [2.24, 2.45) is 5.92 Å². The summed E-state index contributed by atoms with van der Waals surface area (Å²) in [6.07, 6.45) is -1.49. The summed E-state index contributed by atoms with van der Waals surface area (Å²) in [6, 6.07) is 9.64. The first-order chi connectivity index (χ1) is 16.1. The van der Waals surface area contributed by atoms with Gasteiger partial charge in [-0.05, 0) is 42.5 Å². The predicted octanol–water partition coefficient (Wildman–Crippen LogP) is 5.45. The molecule has 7 nitrogen and oxygen atoms in total. The molecule has 1 atom stereocenters. The maximum atomic E-state index is 13.6. The van der Waals surface area contributed by atoms with E-state index in [-0.39, 0.29) is 11.8 Å². The molecule has 0 spiro atoms. The van der Waals surface area contributed by atoms with E-state index in [0.29, 0.717) is 30.4 Å². The van der Waals surface area contributed by atoms with Crippen LogP contribution in [0.4, 0.5) is 24.9 Å². The smallest absolute Gasteiger partial charge is 0.417 e. The standard InChI is InChI=1S/C24H23F3N4O3/c1-14-4-3-11-31(13-14)23-30-21(24(25,26)27)20(34-23)22(33)29-18-8-5-16(6-9-18)17-7-10-19(15(2)32)28-12-17/h5-10,12,14H,3-4,11,13H2,1-2H3,(H,29,33). The average Bonchev–Trinajstić information content (AvgIpc) is 3.26. The zero-order chi connectivity index (χ0) is 24.5. The lowest BCUT2D eigenvalue weighted by Gasteiger charge is -2.29. The van der Waals surface area contributed by atoms with Gasteiger partial charge in [0.05, 0.1) is 0 Å². The predicted molar refractivity (Wildman–Crippen MR) is 120 cm³/mol. The number of Topliss-reactive ketones (excluding diaryl/α,β-unsaturated/α-hetero) is 1. The fourth-order valence-corrected chi connectivity index (χ4v) is 3.86. The Morgan fingerprint density at radius 3 is 2.41 bits per heavy atom. The zero-order valence-corrected chi connectivity index (χ0v) is 18.6. The van der Waals surface area contributed by atoms with Gasteiger partial charge in [-0.25, -0.2) is 0 Å². The van der Waals surface area contributed by atoms with Gasteiger partial charge in [-0.3, -0.25) is 14.6 Å². The Morgan fingerprint density at radius 2 is 1.82 bits per heavy atom. The van der Waals surface area contributed by atoms with Crippen LogP contribution in [0.1, 0.15) is 53.4 Å². The van der Waals surface area contributed by atoms with Crippen LogP contribution in [-0.4, -0.2) is 34.7 Å². The second-order valence-corrected chi connectivity index (χ2v) is 8.39. The third kappa shape index (κ3) is 5.11. The summed E-state index contributed by atoms with van der Waals surface area (Å²) in [6.45, 7) is 4.47. The normalized spacial score (nSPS) is 16.4. The zero-order valence-electron chi connectivity index (χ0n) is 18.6. The fraction of sp³-hybridized carbons (Fsp3) is 0.333. The summed E-state index contributed by atoms with van der Waals surface area (Å²) in [7, 11) is 0. The van der Waals surface area contributed by atoms with Crippen molar-refractivity contribution in [3.63, 3.8) is 0 Å². The number of nitrogens with zero attached hydrogens (tertiary/aromatic N) is 3. The molecule has 34 heavy (non-hydrogen) atoms. The van der Waals surface area contributed by atoms with Crippen molar-refractivity contribution in [1.82, 2.24) is 9.97 Å². The van der Waals surface area contributed by atoms with Crippen LogP contribution in [0.2, 0.25) is 0 Å². The molecular formula is C24H23F3N4O3. The first-order valence-corrected chi connectivity index (χ1v) is 10.8. The van der Waals surface area contributed by atoms with Crippen molar-refractivity contribution in [3.8, 4) is 11.1 Å². The summed E-state index contributed by atoms with van der Waals surface area (Å²) >= 11 is 0. The molecule has 4 rings (SSSR count). The SMILES string of the molecule is CC(=O)c1ccc(-c2ccc(NC(=O)c3oc(N4CCCC(C)C4)nc3C(F)(F)F)cc2)cn1. The minimum Gasteiger partial charge on any atom is -0.417 e. The number of carbonyl (C=O) groups is 2. The van der Waals surface area contributed by atoms with Crippen molar-refractivity contribution < 1.29 is 27.2 Å². The van der Waals surface area contributed by atoms with Crippen molar-refractivity contribution in [1.29, 1.82) is 0 Å². The summed E-state index contributed by atoms with van der Waals surface area (Å²) in [5, 5.41) is 2.45. The molecule has 2 aromatic heterocycles. The van der Waals surface area contributed by atoms with Crippen molar-refractivity contribution >= 4 is 23.4 Å². The van der Waals surface area contributed by atoms with Gasteiger partial charge in [-0.1, -0.05) is 25.1 Å². The lowest BCUT2D eigenvalue weighted by molar-refractivity contribution is -0.141. The number of alkyl halides is 3. The van der Waals surface area contributed by atoms with E-state index in [1.54, 1.807) is 47.5 Å². The number of pyridine rings is 1. The van der Waals surface area contributed by atoms with Gasteiger partial charge in [0, 0.05) is 37.5 Å². The molecule has 0 bridgehead atoms. The van der Waals surface area contributed by atoms with Crippen LogP contribution in [-0.2, 0) is 6.18 Å². The van der Waals surface area contributed by atoms with Crippen LogP contribution >= 0.6 is 0 Å². The van der Waals surface area contributed by atoms with Gasteiger partial charge in [0.25, 0.3) is 11.9 Å². The molecule has 1 unspecified atom stereocenters. The highest BCUT2D eigenvalue weighted by Crippen LogP contribution is 2.35. The second kappa shape index (κ2) is 9.28. The lowest BCUT2D eigenvalue weighted by atomic mass is 10.0. The van der Waals surface area contributed by atoms with Crippen molar-refractivity contribution in [3.05, 3.63) is 59.7 Å². The van der Waals surface area contributed by atoms with Gasteiger partial charge in [0.2, 0.25) is 5.76 Å². The highest BCUT2D eigenvalue weighted by Gasteiger charge is 2.42. The topological polar surface area (TPSA) is 88.3 Å². The van der Waals surface area contributed by atoms with Gasteiger partial charge in [0.15, 0.2) is 11.5 Å². The van der Waals surface area contributed by atoms with Gasteiger partial charge < -0.3 is 14.6 Å². The molecule has 178 valence electrons. The number of aromatic nitrogens is 2. The highest BCUT2D eigenvalue weighted by molar-refractivity contribution is 6.03. The quantitative estimate of drug-likeness (QED) is 0.497. The van der Waals surface area contributed by atoms with E-state index in [0.717, 1.165) is 24.0 Å². The number of benzene rings is 1. The van der Waals surface area contributed by atoms with Crippen LogP contribution in [0.5, 0.6) is 0 Å². The summed E-state index contributed by atoms with van der Waals surface area (Å²) in [4.78, 5) is 33.4. The van der Waals surface area contributed by atoms with Gasteiger partial charge in [-0.15, -0.1) is 0 Å². The van der Waals surface area contributed by atoms with E-state index >= 15 is 0 Å². The number of rotatable bonds is 5. The third-order valence-electron chi connectivity index (χ3n) is 5.62. The minimum atomic E-state index is -4.83. The largest absolute Gasteiger partial charge is 0.437 e. The summed E-state index contributed by atoms with van der Waals surface area (Å²) in [5.74, 6) is -1.75. The van der Waals surface area contributed by atoms with Gasteiger partial charge in [-0.2, -0.15) is 18.2 Å². The molecule has 1 fully saturated rings. The first kappa shape index (κ1) is 23.5. The molecule has 1 aromatic carbocycles. The van der Waals surface area contributed by atoms with Crippen molar-refractivity contribution in [2.75, 3.05) is 23.3 Å². The number of nitrogens with one attached hydrogen (secondary N) is 1. The number of hydrogen-bond donors (Lipinski definition) is 1. The molecule has 1 amide bonds. The fourth-order valence-electron chi connectivity index (χ4n) is 3.86. The van der Waals surface area contributed by atoms with Crippen LogP contribution < -0.4 is 10.2 Å². The molecule has 10 heteroatoms. The van der Waals surface area contributed by atoms with Crippen LogP contribution in [0.3, 0.4) is 0 Å². The maximum Gasteiger partial charge on any atom is 0.437 e. The molecule has 0 aliphatic carbocycles. The Balaban J connectivity index is 1.53. The molecule has 0 radical (unpaired) electrons. The highest BCUT2D eigenvalue weighted by atomic mass is 19.4. The number of halogens is 3. The van der Waals surface area contributed by atoms with E-state index in [4.69, 9.17) is 4.42 Å². The number of carbonyl (C=O) groups excluding carboxylic acids is 2. The van der Waals surface area contributed by atoms with Gasteiger partial charge in [0.1, 0.15) is 5.69 Å². The first-order valence-electron chi connectivity index (χ1n) is 10.8. The van der Waals surface area contributed by atoms with E-state index < -0.39 is 23.5 Å². The minimum absolute atomic E-state index is 0.145. The second-order valence-electron chi connectivity index (χ2n) is 8.39. The molecule has 1 aliphatic heterocycles. The Morgan fingerprint density at radius 1 is 1.12 bits per heavy atom. The number of hydrogen-bond acceptors (Lipinski definition) is 6. The monoisotopic (exact) mass is 472 g/mol. The Labute approximate surface area is 194 Å². The molecule has 1 aliphatic rings. The Kier molecular flexibility index (Phi) is 6.41. The summed E-state index contributed by atoms with van der Waals surface area (Å²) < 4.78 is 46.1. The molecule has 1 saturated heterocycles. The van der Waals surface area contributed by atoms with Crippen molar-refractivity contribution in [2.45, 2.75) is 32.9 Å². The number of piperidine rings is 1. The van der Waals surface area contributed by atoms with E-state index in [2.05, 4.69) is 15.3 Å². The summed E-state index contributed by atoms with van der Waals surface area (Å²) in [5.41, 5.74) is 0.806. The third-order valence-corrected chi connectivity index (χ3v) is 5.62. The Hall–Kier alpha value is -3.69. The number of oxazole rings is 1. The van der Waals surface area contributed by atoms with Crippen LogP contribution in [0.25, 0.3) is 11.1 Å². The Bertz CT molecular complexity index is 1190.